The Balaban J connectivity index is 1.62. The molecule has 5 unspecified atom stereocenters. The number of piperazine rings is 1. The molecule has 3 aliphatic rings. The van der Waals surface area contributed by atoms with Crippen LogP contribution in [0.15, 0.2) is 0 Å². The fourth-order valence-corrected chi connectivity index (χ4v) is 4.86. The van der Waals surface area contributed by atoms with Gasteiger partial charge in [0.1, 0.15) is 0 Å². The third kappa shape index (κ3) is 5.02. The molecular weight excluding hydrogens is 344 g/mol. The van der Waals surface area contributed by atoms with E-state index in [0.29, 0.717) is 32.8 Å². The molecule has 3 aliphatic heterocycles. The van der Waals surface area contributed by atoms with Crippen LogP contribution in [-0.2, 0) is 19.1 Å². The summed E-state index contributed by atoms with van der Waals surface area (Å²) in [5, 5.41) is 0. The molecule has 6 heteroatoms. The van der Waals surface area contributed by atoms with Crippen molar-refractivity contribution in [1.82, 2.24) is 9.80 Å². The summed E-state index contributed by atoms with van der Waals surface area (Å²) in [5.74, 6) is 0.690. The summed E-state index contributed by atoms with van der Waals surface area (Å²) in [5.41, 5.74) is 0. The molecule has 6 nitrogen and oxygen atoms in total. The summed E-state index contributed by atoms with van der Waals surface area (Å²) in [4.78, 5) is 30.3. The molecule has 0 radical (unpaired) electrons. The van der Waals surface area contributed by atoms with E-state index in [1.54, 1.807) is 0 Å². The first-order chi connectivity index (χ1) is 13.0. The van der Waals surface area contributed by atoms with E-state index < -0.39 is 0 Å². The van der Waals surface area contributed by atoms with Gasteiger partial charge in [-0.1, -0.05) is 13.3 Å². The van der Waals surface area contributed by atoms with Gasteiger partial charge < -0.3 is 19.3 Å². The van der Waals surface area contributed by atoms with Gasteiger partial charge in [0, 0.05) is 50.7 Å². The predicted molar refractivity (Wildman–Crippen MR) is 103 cm³/mol. The van der Waals surface area contributed by atoms with Crippen molar-refractivity contribution in [2.24, 2.45) is 11.8 Å². The molecule has 0 aromatic rings. The van der Waals surface area contributed by atoms with Crippen LogP contribution in [0.1, 0.15) is 59.3 Å². The highest BCUT2D eigenvalue weighted by Crippen LogP contribution is 2.27. The van der Waals surface area contributed by atoms with Crippen LogP contribution < -0.4 is 0 Å². The highest BCUT2D eigenvalue weighted by atomic mass is 16.5. The van der Waals surface area contributed by atoms with Gasteiger partial charge in [-0.2, -0.15) is 0 Å². The van der Waals surface area contributed by atoms with Crippen LogP contribution in [0.5, 0.6) is 0 Å². The minimum atomic E-state index is 0.0756. The lowest BCUT2D eigenvalue weighted by Crippen LogP contribution is -2.59. The molecular formula is C21H36N2O4. The molecule has 3 fully saturated rings. The van der Waals surface area contributed by atoms with Gasteiger partial charge in [0.15, 0.2) is 0 Å². The molecule has 0 bridgehead atoms. The summed E-state index contributed by atoms with van der Waals surface area (Å²) < 4.78 is 11.2. The monoisotopic (exact) mass is 380 g/mol. The zero-order valence-corrected chi connectivity index (χ0v) is 17.2. The second-order valence-electron chi connectivity index (χ2n) is 8.56. The van der Waals surface area contributed by atoms with Gasteiger partial charge in [0.05, 0.1) is 12.2 Å². The van der Waals surface area contributed by atoms with Crippen molar-refractivity contribution in [2.45, 2.75) is 77.5 Å². The van der Waals surface area contributed by atoms with Crippen LogP contribution in [0, 0.1) is 11.8 Å². The van der Waals surface area contributed by atoms with Crippen LogP contribution in [0.4, 0.5) is 0 Å². The Hall–Kier alpha value is -1.14. The highest BCUT2D eigenvalue weighted by molar-refractivity contribution is 5.81. The maximum absolute atomic E-state index is 13.2. The maximum Gasteiger partial charge on any atom is 0.226 e. The van der Waals surface area contributed by atoms with E-state index in [2.05, 4.69) is 18.7 Å². The molecule has 154 valence electrons. The predicted octanol–water partition coefficient (Wildman–Crippen LogP) is 2.46. The van der Waals surface area contributed by atoms with Gasteiger partial charge in [-0.25, -0.2) is 0 Å². The largest absolute Gasteiger partial charge is 0.378 e. The molecule has 0 aromatic carbocycles. The first-order valence-electron chi connectivity index (χ1n) is 10.8. The average molecular weight is 381 g/mol. The number of nitrogens with zero attached hydrogens (tertiary/aromatic N) is 2. The van der Waals surface area contributed by atoms with E-state index in [-0.39, 0.29) is 41.9 Å². The molecule has 0 aromatic heterocycles. The summed E-state index contributed by atoms with van der Waals surface area (Å²) in [6.07, 6.45) is 5.58. The minimum Gasteiger partial charge on any atom is -0.378 e. The Labute approximate surface area is 163 Å². The molecule has 3 heterocycles. The quantitative estimate of drug-likeness (QED) is 0.752. The zero-order valence-electron chi connectivity index (χ0n) is 17.2. The van der Waals surface area contributed by atoms with Crippen LogP contribution in [0.2, 0.25) is 0 Å². The third-order valence-electron chi connectivity index (χ3n) is 6.37. The number of amides is 2. The second kappa shape index (κ2) is 9.37. The normalized spacial score (nSPS) is 35.1. The molecule has 0 spiro atoms. The number of carbonyl (C=O) groups is 2. The SMILES string of the molecule is CCCC1CN(C(=O)C2CCOC(C)C2)CCN1C(=O)C1CCOC(C)C1. The minimum absolute atomic E-state index is 0.0756. The fourth-order valence-electron chi connectivity index (χ4n) is 4.86. The lowest BCUT2D eigenvalue weighted by molar-refractivity contribution is -0.152. The zero-order chi connectivity index (χ0) is 19.4. The van der Waals surface area contributed by atoms with Gasteiger partial charge in [-0.15, -0.1) is 0 Å². The van der Waals surface area contributed by atoms with E-state index in [1.165, 1.54) is 0 Å². The summed E-state index contributed by atoms with van der Waals surface area (Å²) in [6, 6.07) is 0.149. The van der Waals surface area contributed by atoms with Crippen LogP contribution in [0.3, 0.4) is 0 Å². The van der Waals surface area contributed by atoms with E-state index in [0.717, 1.165) is 38.5 Å². The van der Waals surface area contributed by atoms with Crippen molar-refractivity contribution in [3.63, 3.8) is 0 Å². The molecule has 27 heavy (non-hydrogen) atoms. The van der Waals surface area contributed by atoms with Gasteiger partial charge in [0.2, 0.25) is 11.8 Å². The number of hydrogen-bond donors (Lipinski definition) is 0. The van der Waals surface area contributed by atoms with Crippen molar-refractivity contribution < 1.29 is 19.1 Å². The number of carbonyl (C=O) groups excluding carboxylic acids is 2. The van der Waals surface area contributed by atoms with E-state index in [1.807, 2.05) is 11.8 Å². The van der Waals surface area contributed by atoms with Crippen molar-refractivity contribution in [3.05, 3.63) is 0 Å². The molecule has 3 rings (SSSR count). The van der Waals surface area contributed by atoms with E-state index in [9.17, 15) is 9.59 Å². The Bertz CT molecular complexity index is 526. The van der Waals surface area contributed by atoms with Gasteiger partial charge in [-0.3, -0.25) is 9.59 Å². The summed E-state index contributed by atoms with van der Waals surface area (Å²) in [6.45, 7) is 9.62. The van der Waals surface area contributed by atoms with E-state index in [4.69, 9.17) is 9.47 Å². The van der Waals surface area contributed by atoms with Gasteiger partial charge >= 0.3 is 0 Å². The highest BCUT2D eigenvalue weighted by Gasteiger charge is 2.38. The van der Waals surface area contributed by atoms with Crippen LogP contribution >= 0.6 is 0 Å². The van der Waals surface area contributed by atoms with E-state index >= 15 is 0 Å². The Kier molecular flexibility index (Phi) is 7.15. The smallest absolute Gasteiger partial charge is 0.226 e. The lowest BCUT2D eigenvalue weighted by Gasteiger charge is -2.44. The molecule has 5 atom stereocenters. The number of rotatable bonds is 4. The first kappa shape index (κ1) is 20.6. The molecule has 2 amide bonds. The lowest BCUT2D eigenvalue weighted by atomic mass is 9.92. The average Bonchev–Trinajstić information content (AvgIpc) is 2.67. The number of ether oxygens (including phenoxy) is 2. The number of hydrogen-bond acceptors (Lipinski definition) is 4. The Morgan fingerprint density at radius 1 is 0.926 bits per heavy atom. The van der Waals surface area contributed by atoms with Crippen molar-refractivity contribution in [3.8, 4) is 0 Å². The third-order valence-corrected chi connectivity index (χ3v) is 6.37. The van der Waals surface area contributed by atoms with Gasteiger partial charge in [0.25, 0.3) is 0 Å². The van der Waals surface area contributed by atoms with Crippen molar-refractivity contribution in [1.29, 1.82) is 0 Å². The van der Waals surface area contributed by atoms with Crippen molar-refractivity contribution in [2.75, 3.05) is 32.8 Å². The standard InChI is InChI=1S/C21H36N2O4/c1-4-5-19-14-22(20(24)17-6-10-26-15(2)12-17)8-9-23(19)21(25)18-7-11-27-16(3)13-18/h15-19H,4-14H2,1-3H3. The maximum atomic E-state index is 13.2. The Morgan fingerprint density at radius 3 is 2.07 bits per heavy atom. The molecule has 0 saturated carbocycles. The first-order valence-corrected chi connectivity index (χ1v) is 10.8. The Morgan fingerprint density at radius 2 is 1.52 bits per heavy atom. The van der Waals surface area contributed by atoms with Gasteiger partial charge in [-0.05, 0) is 46.0 Å². The van der Waals surface area contributed by atoms with Crippen LogP contribution in [-0.4, -0.2) is 72.7 Å². The van der Waals surface area contributed by atoms with Crippen LogP contribution in [0.25, 0.3) is 0 Å². The summed E-state index contributed by atoms with van der Waals surface area (Å²) in [7, 11) is 0. The fraction of sp³-hybridized carbons (Fsp3) is 0.905. The topological polar surface area (TPSA) is 59.1 Å². The summed E-state index contributed by atoms with van der Waals surface area (Å²) >= 11 is 0. The molecule has 0 aliphatic carbocycles. The molecule has 0 N–H and O–H groups in total. The van der Waals surface area contributed by atoms with Crippen molar-refractivity contribution >= 4 is 11.8 Å². The molecule has 3 saturated heterocycles. The second-order valence-corrected chi connectivity index (χ2v) is 8.56.